The number of aromatic amines is 1. The minimum Gasteiger partial charge on any atom is -0.361 e. The summed E-state index contributed by atoms with van der Waals surface area (Å²) in [6.07, 6.45) is 8.33. The molecule has 0 spiro atoms. The van der Waals surface area contributed by atoms with Gasteiger partial charge in [-0.1, -0.05) is 12.1 Å². The van der Waals surface area contributed by atoms with E-state index < -0.39 is 0 Å². The van der Waals surface area contributed by atoms with Gasteiger partial charge in [-0.05, 0) is 29.8 Å². The Bertz CT molecular complexity index is 1010. The second-order valence-corrected chi connectivity index (χ2v) is 5.58. The summed E-state index contributed by atoms with van der Waals surface area (Å²) in [4.78, 5) is 28.0. The highest BCUT2D eigenvalue weighted by molar-refractivity contribution is 5.94. The molecule has 0 saturated carbocycles. The zero-order valence-corrected chi connectivity index (χ0v) is 13.3. The quantitative estimate of drug-likeness (QED) is 0.603. The molecule has 0 saturated heterocycles. The minimum atomic E-state index is -0.203. The lowest BCUT2D eigenvalue weighted by molar-refractivity contribution is 0.0950. The van der Waals surface area contributed by atoms with Crippen LogP contribution in [0.15, 0.2) is 67.4 Å². The normalized spacial score (nSPS) is 10.7. The van der Waals surface area contributed by atoms with Gasteiger partial charge in [-0.25, -0.2) is 9.97 Å². The number of aromatic nitrogens is 4. The Labute approximate surface area is 144 Å². The number of nitrogens with zero attached hydrogens (tertiary/aromatic N) is 3. The highest BCUT2D eigenvalue weighted by atomic mass is 16.1. The van der Waals surface area contributed by atoms with E-state index in [1.54, 1.807) is 12.4 Å². The first-order valence-corrected chi connectivity index (χ1v) is 7.87. The lowest BCUT2D eigenvalue weighted by atomic mass is 10.1. The number of H-pyrrole nitrogens is 1. The molecule has 122 valence electrons. The first-order chi connectivity index (χ1) is 12.3. The third kappa shape index (κ3) is 3.10. The molecule has 6 nitrogen and oxygen atoms in total. The number of rotatable bonds is 4. The Balaban J connectivity index is 1.47. The summed E-state index contributed by atoms with van der Waals surface area (Å²) in [5.41, 5.74) is 3.35. The van der Waals surface area contributed by atoms with Crippen molar-refractivity contribution in [1.82, 2.24) is 25.3 Å². The van der Waals surface area contributed by atoms with Crippen molar-refractivity contribution in [3.63, 3.8) is 0 Å². The molecule has 0 atom stereocenters. The molecule has 0 unspecified atom stereocenters. The van der Waals surface area contributed by atoms with Crippen LogP contribution in [0.25, 0.3) is 22.3 Å². The fraction of sp³-hybridized carbons (Fsp3) is 0.0526. The molecule has 3 heterocycles. The van der Waals surface area contributed by atoms with E-state index in [0.717, 1.165) is 22.0 Å². The second-order valence-electron chi connectivity index (χ2n) is 5.58. The van der Waals surface area contributed by atoms with Crippen LogP contribution in [0, 0.1) is 0 Å². The van der Waals surface area contributed by atoms with Gasteiger partial charge in [-0.2, -0.15) is 0 Å². The Morgan fingerprint density at radius 2 is 1.92 bits per heavy atom. The van der Waals surface area contributed by atoms with Gasteiger partial charge in [0, 0.05) is 54.0 Å². The molecular formula is C19H15N5O. The number of hydrogen-bond acceptors (Lipinski definition) is 4. The van der Waals surface area contributed by atoms with Crippen molar-refractivity contribution in [2.24, 2.45) is 0 Å². The van der Waals surface area contributed by atoms with Gasteiger partial charge >= 0.3 is 0 Å². The molecule has 0 aliphatic rings. The second kappa shape index (κ2) is 6.52. The number of nitrogens with one attached hydrogen (secondary N) is 2. The third-order valence-electron chi connectivity index (χ3n) is 3.96. The van der Waals surface area contributed by atoms with E-state index in [2.05, 4.69) is 25.3 Å². The Morgan fingerprint density at radius 1 is 1.04 bits per heavy atom. The molecular weight excluding hydrogens is 314 g/mol. The minimum absolute atomic E-state index is 0.203. The standard InChI is InChI=1S/C19H15N5O/c25-19(24-10-13-3-1-5-17-16(13)6-8-21-17)15-11-22-18(23-12-15)14-4-2-7-20-9-14/h1-9,11-12,21H,10H2,(H,24,25). The van der Waals surface area contributed by atoms with Crippen LogP contribution in [0.2, 0.25) is 0 Å². The van der Waals surface area contributed by atoms with Gasteiger partial charge in [0.25, 0.3) is 5.91 Å². The summed E-state index contributed by atoms with van der Waals surface area (Å²) in [7, 11) is 0. The molecule has 0 bridgehead atoms. The molecule has 4 rings (SSSR count). The van der Waals surface area contributed by atoms with Crippen LogP contribution >= 0.6 is 0 Å². The van der Waals surface area contributed by atoms with E-state index in [0.29, 0.717) is 17.9 Å². The number of hydrogen-bond donors (Lipinski definition) is 2. The van der Waals surface area contributed by atoms with E-state index >= 15 is 0 Å². The summed E-state index contributed by atoms with van der Waals surface area (Å²) in [6, 6.07) is 11.7. The van der Waals surface area contributed by atoms with Crippen LogP contribution in [0.1, 0.15) is 15.9 Å². The first kappa shape index (κ1) is 15.0. The number of carbonyl (C=O) groups excluding carboxylic acids is 1. The van der Waals surface area contributed by atoms with Crippen LogP contribution in [0.3, 0.4) is 0 Å². The van der Waals surface area contributed by atoms with Crippen molar-refractivity contribution in [2.75, 3.05) is 0 Å². The fourth-order valence-electron chi connectivity index (χ4n) is 2.67. The van der Waals surface area contributed by atoms with E-state index in [1.807, 2.05) is 42.6 Å². The number of amides is 1. The van der Waals surface area contributed by atoms with Gasteiger partial charge in [-0.3, -0.25) is 9.78 Å². The van der Waals surface area contributed by atoms with E-state index in [9.17, 15) is 4.79 Å². The predicted octanol–water partition coefficient (Wildman–Crippen LogP) is 2.95. The van der Waals surface area contributed by atoms with Gasteiger partial charge in [0.2, 0.25) is 0 Å². The molecule has 0 aliphatic heterocycles. The van der Waals surface area contributed by atoms with Crippen molar-refractivity contribution in [3.8, 4) is 11.4 Å². The van der Waals surface area contributed by atoms with Crippen LogP contribution in [-0.4, -0.2) is 25.8 Å². The van der Waals surface area contributed by atoms with Crippen LogP contribution in [0.4, 0.5) is 0 Å². The average molecular weight is 329 g/mol. The monoisotopic (exact) mass is 329 g/mol. The maximum atomic E-state index is 12.3. The molecule has 1 amide bonds. The highest BCUT2D eigenvalue weighted by Crippen LogP contribution is 2.17. The molecule has 0 radical (unpaired) electrons. The van der Waals surface area contributed by atoms with E-state index in [1.165, 1.54) is 12.4 Å². The maximum absolute atomic E-state index is 12.3. The first-order valence-electron chi connectivity index (χ1n) is 7.87. The van der Waals surface area contributed by atoms with Crippen molar-refractivity contribution in [1.29, 1.82) is 0 Å². The Kier molecular flexibility index (Phi) is 3.92. The summed E-state index contributed by atoms with van der Waals surface area (Å²) in [5.74, 6) is 0.340. The zero-order chi connectivity index (χ0) is 17.1. The van der Waals surface area contributed by atoms with Gasteiger partial charge in [0.1, 0.15) is 0 Å². The van der Waals surface area contributed by atoms with Gasteiger partial charge in [0.15, 0.2) is 5.82 Å². The van der Waals surface area contributed by atoms with Crippen LogP contribution in [-0.2, 0) is 6.54 Å². The molecule has 4 aromatic rings. The highest BCUT2D eigenvalue weighted by Gasteiger charge is 2.09. The number of carbonyl (C=O) groups is 1. The van der Waals surface area contributed by atoms with E-state index in [-0.39, 0.29) is 5.91 Å². The topological polar surface area (TPSA) is 83.6 Å². The predicted molar refractivity (Wildman–Crippen MR) is 94.7 cm³/mol. The van der Waals surface area contributed by atoms with Crippen molar-refractivity contribution >= 4 is 16.8 Å². The molecule has 25 heavy (non-hydrogen) atoms. The van der Waals surface area contributed by atoms with E-state index in [4.69, 9.17) is 0 Å². The Hall–Kier alpha value is -3.54. The summed E-state index contributed by atoms with van der Waals surface area (Å²) in [5, 5.41) is 4.01. The molecule has 6 heteroatoms. The Morgan fingerprint density at radius 3 is 2.72 bits per heavy atom. The SMILES string of the molecule is O=C(NCc1cccc2[nH]ccc12)c1cnc(-c2cccnc2)nc1. The van der Waals surface area contributed by atoms with Gasteiger partial charge in [-0.15, -0.1) is 0 Å². The number of benzene rings is 1. The zero-order valence-electron chi connectivity index (χ0n) is 13.3. The molecule has 1 aromatic carbocycles. The molecule has 0 aliphatic carbocycles. The molecule has 3 aromatic heterocycles. The average Bonchev–Trinajstić information content (AvgIpc) is 3.16. The lowest BCUT2D eigenvalue weighted by Gasteiger charge is -2.07. The molecule has 0 fully saturated rings. The fourth-order valence-corrected chi connectivity index (χ4v) is 2.67. The smallest absolute Gasteiger partial charge is 0.254 e. The lowest BCUT2D eigenvalue weighted by Crippen LogP contribution is -2.23. The van der Waals surface area contributed by atoms with Crippen molar-refractivity contribution in [2.45, 2.75) is 6.54 Å². The maximum Gasteiger partial charge on any atom is 0.254 e. The largest absolute Gasteiger partial charge is 0.361 e. The number of fused-ring (bicyclic) bond motifs is 1. The molecule has 2 N–H and O–H groups in total. The van der Waals surface area contributed by atoms with Gasteiger partial charge < -0.3 is 10.3 Å². The van der Waals surface area contributed by atoms with Crippen molar-refractivity contribution < 1.29 is 4.79 Å². The van der Waals surface area contributed by atoms with Gasteiger partial charge in [0.05, 0.1) is 5.56 Å². The van der Waals surface area contributed by atoms with Crippen LogP contribution in [0.5, 0.6) is 0 Å². The van der Waals surface area contributed by atoms with Crippen LogP contribution < -0.4 is 5.32 Å². The van der Waals surface area contributed by atoms with Crippen molar-refractivity contribution in [3.05, 3.63) is 78.5 Å². The number of pyridine rings is 1. The summed E-state index contributed by atoms with van der Waals surface area (Å²) >= 11 is 0. The summed E-state index contributed by atoms with van der Waals surface area (Å²) < 4.78 is 0. The summed E-state index contributed by atoms with van der Waals surface area (Å²) in [6.45, 7) is 0.443. The third-order valence-corrected chi connectivity index (χ3v) is 3.96.